The van der Waals surface area contributed by atoms with Crippen LogP contribution in [-0.2, 0) is 6.18 Å². The van der Waals surface area contributed by atoms with Crippen LogP contribution in [0.3, 0.4) is 0 Å². The van der Waals surface area contributed by atoms with Gasteiger partial charge < -0.3 is 10.1 Å². The second-order valence-electron chi connectivity index (χ2n) is 7.09. The summed E-state index contributed by atoms with van der Waals surface area (Å²) >= 11 is 0. The number of nitrogens with zero attached hydrogens (tertiary/aromatic N) is 1. The third-order valence-corrected chi connectivity index (χ3v) is 5.44. The lowest BCUT2D eigenvalue weighted by Gasteiger charge is -2.18. The average Bonchev–Trinajstić information content (AvgIpc) is 2.43. The van der Waals surface area contributed by atoms with E-state index in [0.717, 1.165) is 18.5 Å². The van der Waals surface area contributed by atoms with Gasteiger partial charge in [-0.3, -0.25) is 0 Å². The molecule has 0 saturated heterocycles. The predicted molar refractivity (Wildman–Crippen MR) is 96.3 cm³/mol. The summed E-state index contributed by atoms with van der Waals surface area (Å²) in [5.41, 5.74) is 0.171. The Labute approximate surface area is 143 Å². The molecule has 0 aliphatic rings. The lowest BCUT2D eigenvalue weighted by molar-refractivity contribution is -0.138. The molecule has 0 aliphatic heterocycles. The molecular formula is C17H27F3N2OSi. The van der Waals surface area contributed by atoms with Crippen LogP contribution in [0.2, 0.25) is 25.7 Å². The van der Waals surface area contributed by atoms with Crippen LogP contribution in [0.1, 0.15) is 24.5 Å². The van der Waals surface area contributed by atoms with Crippen LogP contribution in [0.15, 0.2) is 17.1 Å². The highest BCUT2D eigenvalue weighted by Gasteiger charge is 2.35. The smallest absolute Gasteiger partial charge is 0.420 e. The second-order valence-corrected chi connectivity index (χ2v) is 12.7. The lowest BCUT2D eigenvalue weighted by Crippen LogP contribution is -2.20. The predicted octanol–water partition coefficient (Wildman–Crippen LogP) is 5.39. The Morgan fingerprint density at radius 3 is 2.38 bits per heavy atom. The Balaban J connectivity index is 3.05. The molecule has 0 atom stereocenters. The quantitative estimate of drug-likeness (QED) is 0.319. The summed E-state index contributed by atoms with van der Waals surface area (Å²) in [7, 11) is 0.460. The van der Waals surface area contributed by atoms with Crippen molar-refractivity contribution < 1.29 is 17.9 Å². The van der Waals surface area contributed by atoms with Crippen molar-refractivity contribution >= 4 is 19.6 Å². The Morgan fingerprint density at radius 2 is 1.88 bits per heavy atom. The van der Waals surface area contributed by atoms with E-state index in [1.807, 2.05) is 0 Å². The molecule has 1 aromatic rings. The van der Waals surface area contributed by atoms with Gasteiger partial charge in [-0.2, -0.15) is 13.2 Å². The number of aryl methyl sites for hydroxylation is 1. The number of alkyl halides is 3. The fraction of sp³-hybridized carbons (Fsp3) is 0.588. The Kier molecular flexibility index (Phi) is 6.89. The summed E-state index contributed by atoms with van der Waals surface area (Å²) in [6.07, 6.45) is -3.70. The molecule has 24 heavy (non-hydrogen) atoms. The summed E-state index contributed by atoms with van der Waals surface area (Å²) in [5.74, 6) is 0.437. The third-order valence-electron chi connectivity index (χ3n) is 3.58. The molecule has 0 radical (unpaired) electrons. The molecule has 0 fully saturated rings. The summed E-state index contributed by atoms with van der Waals surface area (Å²) in [4.78, 5) is 4.18. The number of ether oxygens (including phenoxy) is 1. The van der Waals surface area contributed by atoms with Crippen LogP contribution in [0.5, 0.6) is 5.75 Å². The fourth-order valence-electron chi connectivity index (χ4n) is 2.15. The van der Waals surface area contributed by atoms with Crippen LogP contribution in [-0.4, -0.2) is 27.6 Å². The first-order valence-electron chi connectivity index (χ1n) is 8.02. The molecule has 0 unspecified atom stereocenters. The average molecular weight is 360 g/mol. The van der Waals surface area contributed by atoms with Gasteiger partial charge in [0, 0.05) is 15.1 Å². The molecule has 1 rings (SSSR count). The highest BCUT2D eigenvalue weighted by Crippen LogP contribution is 2.40. The van der Waals surface area contributed by atoms with E-state index in [2.05, 4.69) is 30.0 Å². The molecule has 0 aliphatic carbocycles. The number of amidine groups is 1. The van der Waals surface area contributed by atoms with Crippen LogP contribution >= 0.6 is 0 Å². The second kappa shape index (κ2) is 8.05. The van der Waals surface area contributed by atoms with Crippen molar-refractivity contribution in [3.05, 3.63) is 23.3 Å². The first-order chi connectivity index (χ1) is 10.9. The van der Waals surface area contributed by atoms with Gasteiger partial charge in [-0.1, -0.05) is 25.7 Å². The van der Waals surface area contributed by atoms with E-state index in [1.165, 1.54) is 6.07 Å². The number of aliphatic imine (C=N–C) groups is 1. The Bertz CT molecular complexity index is 593. The minimum Gasteiger partial charge on any atom is -0.493 e. The van der Waals surface area contributed by atoms with Gasteiger partial charge >= 0.3 is 6.18 Å². The topological polar surface area (TPSA) is 33.6 Å². The van der Waals surface area contributed by atoms with Crippen molar-refractivity contribution in [3.8, 4) is 5.75 Å². The number of benzene rings is 1. The maximum absolute atomic E-state index is 13.3. The highest BCUT2D eigenvalue weighted by molar-refractivity contribution is 6.76. The Hall–Kier alpha value is -1.50. The van der Waals surface area contributed by atoms with Crippen molar-refractivity contribution in [3.63, 3.8) is 0 Å². The molecule has 1 N–H and O–H groups in total. The van der Waals surface area contributed by atoms with Crippen molar-refractivity contribution in [1.82, 2.24) is 5.32 Å². The zero-order chi connectivity index (χ0) is 18.5. The number of hydrogen-bond donors (Lipinski definition) is 1. The van der Waals surface area contributed by atoms with Crippen LogP contribution in [0, 0.1) is 6.92 Å². The molecule has 0 aromatic heterocycles. The minimum atomic E-state index is -4.47. The molecule has 0 heterocycles. The summed E-state index contributed by atoms with van der Waals surface area (Å²) in [6.45, 7) is 10.4. The van der Waals surface area contributed by atoms with Crippen molar-refractivity contribution in [2.75, 3.05) is 13.7 Å². The summed E-state index contributed by atoms with van der Waals surface area (Å²) in [5, 5.41) is 2.81. The van der Waals surface area contributed by atoms with Gasteiger partial charge in [0.2, 0.25) is 0 Å². The maximum atomic E-state index is 13.3. The molecular weight excluding hydrogens is 333 g/mol. The van der Waals surface area contributed by atoms with E-state index in [-0.39, 0.29) is 5.75 Å². The molecule has 0 spiro atoms. The van der Waals surface area contributed by atoms with Gasteiger partial charge in [-0.15, -0.1) is 0 Å². The highest BCUT2D eigenvalue weighted by atomic mass is 28.3. The van der Waals surface area contributed by atoms with Crippen LogP contribution in [0.4, 0.5) is 18.9 Å². The van der Waals surface area contributed by atoms with Crippen molar-refractivity contribution in [2.24, 2.45) is 4.99 Å². The van der Waals surface area contributed by atoms with Crippen molar-refractivity contribution in [1.29, 1.82) is 0 Å². The molecule has 0 saturated carbocycles. The molecule has 1 aromatic carbocycles. The monoisotopic (exact) mass is 360 g/mol. The zero-order valence-electron chi connectivity index (χ0n) is 15.3. The first-order valence-corrected chi connectivity index (χ1v) is 11.7. The van der Waals surface area contributed by atoms with Gasteiger partial charge in [0.25, 0.3) is 0 Å². The van der Waals surface area contributed by atoms with E-state index in [0.29, 0.717) is 23.7 Å². The van der Waals surface area contributed by atoms with Gasteiger partial charge in [-0.05, 0) is 38.0 Å². The van der Waals surface area contributed by atoms with E-state index in [4.69, 9.17) is 4.74 Å². The maximum Gasteiger partial charge on any atom is 0.420 e. The van der Waals surface area contributed by atoms with E-state index < -0.39 is 19.8 Å². The van der Waals surface area contributed by atoms with Crippen LogP contribution in [0.25, 0.3) is 0 Å². The zero-order valence-corrected chi connectivity index (χ0v) is 16.3. The molecule has 0 bridgehead atoms. The first kappa shape index (κ1) is 20.5. The minimum absolute atomic E-state index is 0.114. The fourth-order valence-corrected chi connectivity index (χ4v) is 3.36. The number of hydrogen-bond acceptors (Lipinski definition) is 2. The van der Waals surface area contributed by atoms with E-state index in [9.17, 15) is 13.2 Å². The number of nitrogens with one attached hydrogen (secondary N) is 1. The third kappa shape index (κ3) is 6.55. The van der Waals surface area contributed by atoms with Gasteiger partial charge in [0.15, 0.2) is 0 Å². The lowest BCUT2D eigenvalue weighted by atomic mass is 10.1. The van der Waals surface area contributed by atoms with Crippen LogP contribution < -0.4 is 10.1 Å². The standard InChI is InChI=1S/C17H27F3N2OSi/c1-12-10-16(23-8-7-9-24(4,5)6)14(17(18,19)20)11-15(12)22-13(2)21-3/h10-11H,7-9H2,1-6H3,(H,21,22). The molecule has 3 nitrogen and oxygen atoms in total. The van der Waals surface area contributed by atoms with Crippen molar-refractivity contribution in [2.45, 2.75) is 52.1 Å². The van der Waals surface area contributed by atoms with E-state index in [1.54, 1.807) is 20.9 Å². The van der Waals surface area contributed by atoms with Gasteiger partial charge in [0.1, 0.15) is 5.75 Å². The van der Waals surface area contributed by atoms with E-state index >= 15 is 0 Å². The largest absolute Gasteiger partial charge is 0.493 e. The summed E-state index contributed by atoms with van der Waals surface area (Å²) in [6, 6.07) is 3.51. The number of halogens is 3. The number of rotatable bonds is 6. The normalized spacial score (nSPS) is 13.1. The Morgan fingerprint density at radius 1 is 1.25 bits per heavy atom. The summed E-state index contributed by atoms with van der Waals surface area (Å²) < 4.78 is 45.5. The van der Waals surface area contributed by atoms with Gasteiger partial charge in [0.05, 0.1) is 23.7 Å². The molecule has 0 amide bonds. The molecule has 136 valence electrons. The SMILES string of the molecule is CNC(C)=Nc1cc(C(F)(F)F)c(OCCC[Si](C)(C)C)cc1C. The van der Waals surface area contributed by atoms with Gasteiger partial charge in [-0.25, -0.2) is 4.99 Å². The molecule has 7 heteroatoms.